The Bertz CT molecular complexity index is 349. The van der Waals surface area contributed by atoms with E-state index >= 15 is 0 Å². The molecule has 18 heavy (non-hydrogen) atoms. The van der Waals surface area contributed by atoms with Crippen molar-refractivity contribution in [3.63, 3.8) is 0 Å². The highest BCUT2D eigenvalue weighted by atomic mass is 19.4. The maximum absolute atomic E-state index is 11.8. The van der Waals surface area contributed by atoms with Crippen molar-refractivity contribution in [2.75, 3.05) is 13.2 Å². The van der Waals surface area contributed by atoms with Crippen molar-refractivity contribution in [1.82, 2.24) is 9.88 Å². The molecule has 1 unspecified atom stereocenters. The number of hydrogen-bond donors (Lipinski definition) is 1. The number of aromatic nitrogens is 1. The quantitative estimate of drug-likeness (QED) is 0.819. The van der Waals surface area contributed by atoms with Crippen molar-refractivity contribution < 1.29 is 17.9 Å². The second-order valence-corrected chi connectivity index (χ2v) is 4.15. The molecule has 0 radical (unpaired) electrons. The van der Waals surface area contributed by atoms with Gasteiger partial charge in [0.25, 0.3) is 0 Å². The summed E-state index contributed by atoms with van der Waals surface area (Å²) in [5.41, 5.74) is 1.07. The van der Waals surface area contributed by atoms with Crippen LogP contribution in [0.5, 0.6) is 0 Å². The minimum absolute atomic E-state index is 0.194. The molecule has 0 bridgehead atoms. The standard InChI is InChI=1S/C12H19F3N2O/c1-3-5-16-10(2)11-4-6-17(9-11)7-8-18-12(13,14)15/h4,6,9-10,16H,3,5,7-8H2,1-2H3. The van der Waals surface area contributed by atoms with E-state index in [-0.39, 0.29) is 19.2 Å². The molecule has 1 heterocycles. The first kappa shape index (κ1) is 15.0. The zero-order chi connectivity index (χ0) is 13.6. The summed E-state index contributed by atoms with van der Waals surface area (Å²) < 4.78 is 40.8. The molecule has 0 saturated carbocycles. The maximum atomic E-state index is 11.8. The number of nitrogens with one attached hydrogen (secondary N) is 1. The fourth-order valence-corrected chi connectivity index (χ4v) is 1.60. The van der Waals surface area contributed by atoms with Gasteiger partial charge in [-0.05, 0) is 31.5 Å². The summed E-state index contributed by atoms with van der Waals surface area (Å²) in [7, 11) is 0. The zero-order valence-corrected chi connectivity index (χ0v) is 10.6. The first-order valence-electron chi connectivity index (χ1n) is 6.02. The van der Waals surface area contributed by atoms with Crippen LogP contribution in [0.25, 0.3) is 0 Å². The van der Waals surface area contributed by atoms with Crippen molar-refractivity contribution in [2.24, 2.45) is 0 Å². The number of hydrogen-bond acceptors (Lipinski definition) is 2. The SMILES string of the molecule is CCCNC(C)c1ccn(CCOC(F)(F)F)c1. The molecule has 1 N–H and O–H groups in total. The van der Waals surface area contributed by atoms with Crippen LogP contribution < -0.4 is 5.32 Å². The summed E-state index contributed by atoms with van der Waals surface area (Å²) in [6, 6.07) is 2.11. The summed E-state index contributed by atoms with van der Waals surface area (Å²) in [4.78, 5) is 0. The van der Waals surface area contributed by atoms with Gasteiger partial charge in [0.1, 0.15) is 0 Å². The number of rotatable bonds is 7. The third-order valence-electron chi connectivity index (χ3n) is 2.59. The highest BCUT2D eigenvalue weighted by Gasteiger charge is 2.28. The van der Waals surface area contributed by atoms with E-state index < -0.39 is 6.36 Å². The number of ether oxygens (including phenoxy) is 1. The normalized spacial score (nSPS) is 13.8. The second kappa shape index (κ2) is 6.80. The Morgan fingerprint density at radius 2 is 2.17 bits per heavy atom. The average Bonchev–Trinajstić information content (AvgIpc) is 2.73. The Kier molecular flexibility index (Phi) is 5.68. The summed E-state index contributed by atoms with van der Waals surface area (Å²) in [5, 5.41) is 3.32. The van der Waals surface area contributed by atoms with Crippen LogP contribution in [0.15, 0.2) is 18.5 Å². The molecular formula is C12H19F3N2O. The number of alkyl halides is 3. The topological polar surface area (TPSA) is 26.2 Å². The smallest absolute Gasteiger partial charge is 0.352 e. The van der Waals surface area contributed by atoms with Gasteiger partial charge in [0.05, 0.1) is 6.61 Å². The van der Waals surface area contributed by atoms with Gasteiger partial charge < -0.3 is 9.88 Å². The van der Waals surface area contributed by atoms with Gasteiger partial charge in [0.15, 0.2) is 0 Å². The van der Waals surface area contributed by atoms with Gasteiger partial charge in [-0.3, -0.25) is 4.74 Å². The fraction of sp³-hybridized carbons (Fsp3) is 0.667. The van der Waals surface area contributed by atoms with Crippen molar-refractivity contribution in [1.29, 1.82) is 0 Å². The van der Waals surface area contributed by atoms with E-state index in [9.17, 15) is 13.2 Å². The van der Waals surface area contributed by atoms with Gasteiger partial charge in [-0.25, -0.2) is 0 Å². The van der Waals surface area contributed by atoms with E-state index in [1.807, 2.05) is 19.2 Å². The molecule has 1 aromatic rings. The first-order valence-corrected chi connectivity index (χ1v) is 6.02. The summed E-state index contributed by atoms with van der Waals surface area (Å²) in [6.07, 6.45) is 0.0999. The first-order chi connectivity index (χ1) is 8.42. The predicted molar refractivity (Wildman–Crippen MR) is 63.1 cm³/mol. The Labute approximate surface area is 105 Å². The largest absolute Gasteiger partial charge is 0.522 e. The highest BCUT2D eigenvalue weighted by molar-refractivity contribution is 5.14. The van der Waals surface area contributed by atoms with Crippen LogP contribution in [0.4, 0.5) is 13.2 Å². The lowest BCUT2D eigenvalue weighted by molar-refractivity contribution is -0.325. The second-order valence-electron chi connectivity index (χ2n) is 4.15. The number of halogens is 3. The lowest BCUT2D eigenvalue weighted by Gasteiger charge is -2.11. The van der Waals surface area contributed by atoms with Crippen LogP contribution >= 0.6 is 0 Å². The molecule has 1 aromatic heterocycles. The zero-order valence-electron chi connectivity index (χ0n) is 10.6. The van der Waals surface area contributed by atoms with Crippen LogP contribution in [-0.4, -0.2) is 24.1 Å². The monoisotopic (exact) mass is 264 g/mol. The number of nitrogens with zero attached hydrogens (tertiary/aromatic N) is 1. The van der Waals surface area contributed by atoms with Gasteiger partial charge in [-0.2, -0.15) is 0 Å². The van der Waals surface area contributed by atoms with Gasteiger partial charge in [-0.15, -0.1) is 13.2 Å². The molecule has 0 aliphatic rings. The van der Waals surface area contributed by atoms with Gasteiger partial charge in [0, 0.05) is 25.0 Å². The molecule has 1 atom stereocenters. The summed E-state index contributed by atoms with van der Waals surface area (Å²) >= 11 is 0. The summed E-state index contributed by atoms with van der Waals surface area (Å²) in [5.74, 6) is 0. The van der Waals surface area contributed by atoms with Crippen LogP contribution in [0.3, 0.4) is 0 Å². The van der Waals surface area contributed by atoms with Crippen LogP contribution in [-0.2, 0) is 11.3 Å². The molecule has 0 spiro atoms. The Morgan fingerprint density at radius 3 is 2.78 bits per heavy atom. The van der Waals surface area contributed by atoms with Gasteiger partial charge >= 0.3 is 6.36 Å². The van der Waals surface area contributed by atoms with Crippen molar-refractivity contribution in [3.05, 3.63) is 24.0 Å². The minimum Gasteiger partial charge on any atom is -0.352 e. The molecule has 3 nitrogen and oxygen atoms in total. The van der Waals surface area contributed by atoms with E-state index in [0.717, 1.165) is 18.5 Å². The third-order valence-corrected chi connectivity index (χ3v) is 2.59. The van der Waals surface area contributed by atoms with E-state index in [1.54, 1.807) is 10.8 Å². The molecular weight excluding hydrogens is 245 g/mol. The average molecular weight is 264 g/mol. The Morgan fingerprint density at radius 1 is 1.44 bits per heavy atom. The van der Waals surface area contributed by atoms with Crippen LogP contribution in [0, 0.1) is 0 Å². The fourth-order valence-electron chi connectivity index (χ4n) is 1.60. The molecule has 104 valence electrons. The minimum atomic E-state index is -4.55. The molecule has 0 saturated heterocycles. The molecule has 6 heteroatoms. The van der Waals surface area contributed by atoms with Crippen LogP contribution in [0.1, 0.15) is 31.9 Å². The lowest BCUT2D eigenvalue weighted by atomic mass is 10.2. The van der Waals surface area contributed by atoms with Crippen molar-refractivity contribution in [2.45, 2.75) is 39.2 Å². The van der Waals surface area contributed by atoms with E-state index in [4.69, 9.17) is 0 Å². The van der Waals surface area contributed by atoms with E-state index in [2.05, 4.69) is 17.0 Å². The van der Waals surface area contributed by atoms with Crippen molar-refractivity contribution in [3.8, 4) is 0 Å². The Balaban J connectivity index is 2.38. The molecule has 1 rings (SSSR count). The molecule has 0 amide bonds. The molecule has 0 aromatic carbocycles. The van der Waals surface area contributed by atoms with Gasteiger partial charge in [0.2, 0.25) is 0 Å². The van der Waals surface area contributed by atoms with Crippen LogP contribution in [0.2, 0.25) is 0 Å². The van der Waals surface area contributed by atoms with E-state index in [0.29, 0.717) is 0 Å². The molecule has 0 aliphatic heterocycles. The lowest BCUT2D eigenvalue weighted by Crippen LogP contribution is -2.19. The van der Waals surface area contributed by atoms with Crippen molar-refractivity contribution >= 4 is 0 Å². The van der Waals surface area contributed by atoms with Gasteiger partial charge in [-0.1, -0.05) is 6.92 Å². The van der Waals surface area contributed by atoms with E-state index in [1.165, 1.54) is 0 Å². The summed E-state index contributed by atoms with van der Waals surface area (Å²) in [6.45, 7) is 4.86. The maximum Gasteiger partial charge on any atom is 0.522 e. The molecule has 0 fully saturated rings. The predicted octanol–water partition coefficient (Wildman–Crippen LogP) is 3.09. The highest BCUT2D eigenvalue weighted by Crippen LogP contribution is 2.16. The Hall–Kier alpha value is -1.01. The third kappa shape index (κ3) is 5.55. The molecule has 0 aliphatic carbocycles.